The van der Waals surface area contributed by atoms with E-state index in [1.807, 2.05) is 0 Å². The molecule has 0 spiro atoms. The van der Waals surface area contributed by atoms with Crippen LogP contribution in [0.5, 0.6) is 0 Å². The van der Waals surface area contributed by atoms with E-state index in [9.17, 15) is 13.2 Å². The number of hydrogen-bond acceptors (Lipinski definition) is 3. The van der Waals surface area contributed by atoms with Crippen LogP contribution in [0.15, 0.2) is 18.2 Å². The van der Waals surface area contributed by atoms with Crippen molar-refractivity contribution >= 4 is 11.4 Å². The van der Waals surface area contributed by atoms with Gasteiger partial charge in [0.05, 0.1) is 6.61 Å². The Morgan fingerprint density at radius 3 is 2.69 bits per heavy atom. The second-order valence-electron chi connectivity index (χ2n) is 3.17. The van der Waals surface area contributed by atoms with Crippen LogP contribution in [0.25, 0.3) is 0 Å². The molecule has 0 saturated heterocycles. The zero-order valence-corrected chi connectivity index (χ0v) is 8.55. The second-order valence-corrected chi connectivity index (χ2v) is 3.17. The zero-order valence-electron chi connectivity index (χ0n) is 8.55. The lowest BCUT2D eigenvalue weighted by atomic mass is 10.2. The van der Waals surface area contributed by atoms with E-state index in [1.165, 1.54) is 12.1 Å². The summed E-state index contributed by atoms with van der Waals surface area (Å²) >= 11 is 0. The molecule has 0 amide bonds. The summed E-state index contributed by atoms with van der Waals surface area (Å²) in [5.74, 6) is -0.448. The Balaban J connectivity index is 2.26. The van der Waals surface area contributed by atoms with Crippen LogP contribution in [0.2, 0.25) is 0 Å². The van der Waals surface area contributed by atoms with Gasteiger partial charge in [-0.3, -0.25) is 0 Å². The second kappa shape index (κ2) is 6.22. The number of anilines is 2. The number of alkyl halides is 2. The van der Waals surface area contributed by atoms with Crippen molar-refractivity contribution in [3.8, 4) is 0 Å². The highest BCUT2D eigenvalue weighted by Crippen LogP contribution is 2.14. The van der Waals surface area contributed by atoms with Gasteiger partial charge in [-0.1, -0.05) is 0 Å². The molecule has 0 aromatic heterocycles. The minimum absolute atomic E-state index is 0.126. The molecule has 16 heavy (non-hydrogen) atoms. The van der Waals surface area contributed by atoms with Crippen molar-refractivity contribution in [1.29, 1.82) is 0 Å². The van der Waals surface area contributed by atoms with Crippen LogP contribution < -0.4 is 11.1 Å². The largest absolute Gasteiger partial charge is 0.399 e. The third kappa shape index (κ3) is 4.88. The topological polar surface area (TPSA) is 47.3 Å². The fourth-order valence-electron chi connectivity index (χ4n) is 1.15. The molecule has 0 radical (unpaired) electrons. The summed E-state index contributed by atoms with van der Waals surface area (Å²) in [5.41, 5.74) is 6.22. The smallest absolute Gasteiger partial charge is 0.261 e. The van der Waals surface area contributed by atoms with Crippen molar-refractivity contribution in [2.75, 3.05) is 30.8 Å². The number of nitrogens with two attached hydrogens (primary N) is 1. The predicted molar refractivity (Wildman–Crippen MR) is 56.1 cm³/mol. The molecule has 3 N–H and O–H groups in total. The van der Waals surface area contributed by atoms with Gasteiger partial charge in [0.25, 0.3) is 6.43 Å². The molecule has 0 aliphatic heterocycles. The van der Waals surface area contributed by atoms with Crippen LogP contribution in [-0.2, 0) is 4.74 Å². The molecular formula is C10H13F3N2O. The number of benzene rings is 1. The van der Waals surface area contributed by atoms with E-state index >= 15 is 0 Å². The Kier molecular flexibility index (Phi) is 4.91. The monoisotopic (exact) mass is 234 g/mol. The molecule has 0 aliphatic rings. The van der Waals surface area contributed by atoms with Crippen molar-refractivity contribution in [2.45, 2.75) is 6.43 Å². The maximum atomic E-state index is 12.9. The first-order valence-electron chi connectivity index (χ1n) is 4.74. The van der Waals surface area contributed by atoms with Crippen LogP contribution in [0.4, 0.5) is 24.5 Å². The van der Waals surface area contributed by atoms with Gasteiger partial charge in [-0.05, 0) is 18.2 Å². The van der Waals surface area contributed by atoms with E-state index in [1.54, 1.807) is 6.07 Å². The highest BCUT2D eigenvalue weighted by atomic mass is 19.3. The van der Waals surface area contributed by atoms with E-state index in [0.717, 1.165) is 0 Å². The molecule has 0 bridgehead atoms. The first-order chi connectivity index (χ1) is 7.58. The molecule has 6 heteroatoms. The molecule has 90 valence electrons. The Bertz CT molecular complexity index is 314. The van der Waals surface area contributed by atoms with Crippen LogP contribution in [-0.4, -0.2) is 26.2 Å². The minimum Gasteiger partial charge on any atom is -0.399 e. The molecule has 3 nitrogen and oxygen atoms in total. The van der Waals surface area contributed by atoms with Crippen molar-refractivity contribution in [2.24, 2.45) is 0 Å². The fourth-order valence-corrected chi connectivity index (χ4v) is 1.15. The molecular weight excluding hydrogens is 221 g/mol. The van der Waals surface area contributed by atoms with E-state index in [4.69, 9.17) is 5.73 Å². The summed E-state index contributed by atoms with van der Waals surface area (Å²) in [6.07, 6.45) is -2.47. The maximum absolute atomic E-state index is 12.9. The first-order valence-corrected chi connectivity index (χ1v) is 4.74. The standard InChI is InChI=1S/C10H13F3N2O/c11-7-3-8(14)5-9(4-7)15-1-2-16-6-10(12)13/h3-5,10,15H,1-2,6,14H2. The molecule has 0 aliphatic carbocycles. The Hall–Kier alpha value is -1.43. The zero-order chi connectivity index (χ0) is 12.0. The van der Waals surface area contributed by atoms with Crippen LogP contribution in [0, 0.1) is 5.82 Å². The summed E-state index contributed by atoms with van der Waals surface area (Å²) in [6, 6.07) is 4.01. The fraction of sp³-hybridized carbons (Fsp3) is 0.400. The number of rotatable bonds is 6. The molecule has 0 saturated carbocycles. The summed E-state index contributed by atoms with van der Waals surface area (Å²) in [5, 5.41) is 2.81. The van der Waals surface area contributed by atoms with Crippen LogP contribution in [0.3, 0.4) is 0 Å². The lowest BCUT2D eigenvalue weighted by Crippen LogP contribution is -2.13. The number of halogens is 3. The Morgan fingerprint density at radius 1 is 1.31 bits per heavy atom. The highest BCUT2D eigenvalue weighted by Gasteiger charge is 2.01. The lowest BCUT2D eigenvalue weighted by molar-refractivity contribution is 0.0215. The van der Waals surface area contributed by atoms with Crippen molar-refractivity contribution in [3.63, 3.8) is 0 Å². The first kappa shape index (κ1) is 12.6. The lowest BCUT2D eigenvalue weighted by Gasteiger charge is -2.08. The predicted octanol–water partition coefficient (Wildman–Crippen LogP) is 2.10. The molecule has 0 atom stereocenters. The minimum atomic E-state index is -2.47. The average Bonchev–Trinajstić information content (AvgIpc) is 2.15. The Morgan fingerprint density at radius 2 is 2.06 bits per heavy atom. The van der Waals surface area contributed by atoms with E-state index < -0.39 is 18.8 Å². The third-order valence-electron chi connectivity index (χ3n) is 1.74. The van der Waals surface area contributed by atoms with Crippen LogP contribution >= 0.6 is 0 Å². The van der Waals surface area contributed by atoms with Crippen molar-refractivity contribution in [3.05, 3.63) is 24.0 Å². The van der Waals surface area contributed by atoms with Gasteiger partial charge in [0, 0.05) is 17.9 Å². The van der Waals surface area contributed by atoms with E-state index in [0.29, 0.717) is 17.9 Å². The Labute approximate surface area is 91.4 Å². The molecule has 0 unspecified atom stereocenters. The van der Waals surface area contributed by atoms with Crippen molar-refractivity contribution < 1.29 is 17.9 Å². The van der Waals surface area contributed by atoms with Gasteiger partial charge in [-0.15, -0.1) is 0 Å². The third-order valence-corrected chi connectivity index (χ3v) is 1.74. The number of nitrogens with one attached hydrogen (secondary N) is 1. The van der Waals surface area contributed by atoms with Gasteiger partial charge in [-0.25, -0.2) is 13.2 Å². The van der Waals surface area contributed by atoms with E-state index in [-0.39, 0.29) is 6.61 Å². The van der Waals surface area contributed by atoms with Gasteiger partial charge in [0.2, 0.25) is 0 Å². The average molecular weight is 234 g/mol. The molecule has 0 fully saturated rings. The number of ether oxygens (including phenoxy) is 1. The summed E-state index contributed by atoms with van der Waals surface area (Å²) in [4.78, 5) is 0. The van der Waals surface area contributed by atoms with Gasteiger partial charge >= 0.3 is 0 Å². The van der Waals surface area contributed by atoms with Crippen LogP contribution in [0.1, 0.15) is 0 Å². The molecule has 0 heterocycles. The van der Waals surface area contributed by atoms with Gasteiger partial charge in [-0.2, -0.15) is 0 Å². The normalized spacial score (nSPS) is 10.8. The summed E-state index contributed by atoms with van der Waals surface area (Å²) in [6.45, 7) is -0.149. The molecule has 1 rings (SSSR count). The molecule has 1 aromatic carbocycles. The molecule has 1 aromatic rings. The SMILES string of the molecule is Nc1cc(F)cc(NCCOCC(F)F)c1. The number of nitrogen functional groups attached to an aromatic ring is 1. The highest BCUT2D eigenvalue weighted by molar-refractivity contribution is 5.54. The van der Waals surface area contributed by atoms with Gasteiger partial charge in [0.1, 0.15) is 12.4 Å². The van der Waals surface area contributed by atoms with Gasteiger partial charge < -0.3 is 15.8 Å². The summed E-state index contributed by atoms with van der Waals surface area (Å²) < 4.78 is 40.9. The summed E-state index contributed by atoms with van der Waals surface area (Å²) in [7, 11) is 0. The maximum Gasteiger partial charge on any atom is 0.261 e. The van der Waals surface area contributed by atoms with E-state index in [2.05, 4.69) is 10.1 Å². The van der Waals surface area contributed by atoms with Gasteiger partial charge in [0.15, 0.2) is 0 Å². The quantitative estimate of drug-likeness (QED) is 0.585. The number of hydrogen-bond donors (Lipinski definition) is 2. The van der Waals surface area contributed by atoms with Crippen molar-refractivity contribution in [1.82, 2.24) is 0 Å².